The normalized spacial score (nSPS) is 14.0. The zero-order valence-electron chi connectivity index (χ0n) is 21.0. The Hall–Kier alpha value is -4.59. The van der Waals surface area contributed by atoms with Crippen LogP contribution in [0.2, 0.25) is 0 Å². The van der Waals surface area contributed by atoms with Crippen LogP contribution in [0.1, 0.15) is 59.6 Å². The number of aromatic amines is 1. The topological polar surface area (TPSA) is 98.5 Å². The van der Waals surface area contributed by atoms with Crippen molar-refractivity contribution in [1.82, 2.24) is 29.8 Å². The first-order chi connectivity index (χ1) is 18.7. The molecule has 0 atom stereocenters. The second-order valence-electron chi connectivity index (χ2n) is 9.78. The number of nitrogens with zero attached hydrogens (tertiary/aromatic N) is 5. The number of tetrazole rings is 1. The van der Waals surface area contributed by atoms with E-state index in [-0.39, 0.29) is 17.5 Å². The summed E-state index contributed by atoms with van der Waals surface area (Å²) in [6.07, 6.45) is 7.36. The minimum atomic E-state index is -0.292. The maximum Gasteiger partial charge on any atom is 0.335 e. The molecule has 8 heteroatoms. The fraction of sp³-hybridized carbons (Fsp3) is 0.233. The summed E-state index contributed by atoms with van der Waals surface area (Å²) < 4.78 is 3.08. The van der Waals surface area contributed by atoms with Gasteiger partial charge in [-0.1, -0.05) is 86.0 Å². The first kappa shape index (κ1) is 23.8. The lowest BCUT2D eigenvalue weighted by Crippen LogP contribution is -2.30. The van der Waals surface area contributed by atoms with E-state index >= 15 is 0 Å². The van der Waals surface area contributed by atoms with Gasteiger partial charge < -0.3 is 0 Å². The zero-order valence-corrected chi connectivity index (χ0v) is 21.0. The van der Waals surface area contributed by atoms with Gasteiger partial charge in [-0.3, -0.25) is 9.36 Å². The molecule has 2 aromatic heterocycles. The maximum absolute atomic E-state index is 13.6. The van der Waals surface area contributed by atoms with E-state index in [0.29, 0.717) is 17.9 Å². The first-order valence-corrected chi connectivity index (χ1v) is 13.0. The summed E-state index contributed by atoms with van der Waals surface area (Å²) >= 11 is 0. The molecule has 0 radical (unpaired) electrons. The van der Waals surface area contributed by atoms with Crippen LogP contribution in [0.15, 0.2) is 89.9 Å². The Labute approximate surface area is 220 Å². The quantitative estimate of drug-likeness (QED) is 0.339. The molecule has 0 amide bonds. The molecule has 3 aromatic carbocycles. The van der Waals surface area contributed by atoms with Crippen molar-refractivity contribution in [1.29, 1.82) is 0 Å². The van der Waals surface area contributed by atoms with Crippen molar-refractivity contribution < 1.29 is 4.79 Å². The van der Waals surface area contributed by atoms with Crippen LogP contribution in [0, 0.1) is 0 Å². The van der Waals surface area contributed by atoms with E-state index in [1.54, 1.807) is 22.9 Å². The molecule has 38 heavy (non-hydrogen) atoms. The van der Waals surface area contributed by atoms with E-state index in [4.69, 9.17) is 0 Å². The van der Waals surface area contributed by atoms with Crippen LogP contribution in [0.5, 0.6) is 0 Å². The summed E-state index contributed by atoms with van der Waals surface area (Å²) in [5.74, 6) is 0.528. The molecule has 1 fully saturated rings. The lowest BCUT2D eigenvalue weighted by molar-refractivity contribution is 0.0955. The van der Waals surface area contributed by atoms with E-state index < -0.39 is 0 Å². The predicted octanol–water partition coefficient (Wildman–Crippen LogP) is 5.28. The zero-order chi connectivity index (χ0) is 25.9. The van der Waals surface area contributed by atoms with Crippen molar-refractivity contribution >= 4 is 5.91 Å². The third kappa shape index (κ3) is 4.61. The average Bonchev–Trinajstić information content (AvgIpc) is 3.63. The van der Waals surface area contributed by atoms with Gasteiger partial charge in [-0.25, -0.2) is 9.36 Å². The smallest absolute Gasteiger partial charge is 0.291 e. The van der Waals surface area contributed by atoms with Gasteiger partial charge >= 0.3 is 5.69 Å². The highest BCUT2D eigenvalue weighted by Crippen LogP contribution is 2.33. The Morgan fingerprint density at radius 2 is 1.58 bits per heavy atom. The summed E-state index contributed by atoms with van der Waals surface area (Å²) in [6, 6.07) is 25.1. The maximum atomic E-state index is 13.6. The average molecular weight is 505 g/mol. The van der Waals surface area contributed by atoms with Crippen LogP contribution in [0.3, 0.4) is 0 Å². The van der Waals surface area contributed by atoms with Gasteiger partial charge in [0.1, 0.15) is 0 Å². The minimum Gasteiger partial charge on any atom is -0.291 e. The number of aromatic nitrogens is 6. The van der Waals surface area contributed by atoms with Gasteiger partial charge in [0.05, 0.1) is 6.54 Å². The molecule has 1 N–H and O–H groups in total. The Bertz CT molecular complexity index is 1600. The highest BCUT2D eigenvalue weighted by Gasteiger charge is 2.25. The molecule has 0 aliphatic heterocycles. The molecule has 1 aliphatic carbocycles. The summed E-state index contributed by atoms with van der Waals surface area (Å²) in [6.45, 7) is 0.409. The van der Waals surface area contributed by atoms with Crippen LogP contribution in [0.25, 0.3) is 22.5 Å². The minimum absolute atomic E-state index is 0.280. The van der Waals surface area contributed by atoms with Crippen molar-refractivity contribution in [2.45, 2.75) is 44.6 Å². The highest BCUT2D eigenvalue weighted by molar-refractivity contribution is 5.95. The number of carbonyl (C=O) groups excluding carboxylic acids is 1. The largest absolute Gasteiger partial charge is 0.335 e. The van der Waals surface area contributed by atoms with Gasteiger partial charge in [0.15, 0.2) is 0 Å². The van der Waals surface area contributed by atoms with Gasteiger partial charge in [-0.15, -0.1) is 10.2 Å². The van der Waals surface area contributed by atoms with Crippen molar-refractivity contribution in [3.8, 4) is 22.5 Å². The number of H-pyrrole nitrogens is 1. The van der Waals surface area contributed by atoms with Crippen molar-refractivity contribution in [2.75, 3.05) is 0 Å². The van der Waals surface area contributed by atoms with Crippen molar-refractivity contribution in [3.63, 3.8) is 0 Å². The lowest BCUT2D eigenvalue weighted by Gasteiger charge is -2.22. The molecule has 5 aromatic rings. The number of benzene rings is 3. The molecule has 2 heterocycles. The van der Waals surface area contributed by atoms with E-state index in [1.807, 2.05) is 66.7 Å². The first-order valence-electron chi connectivity index (χ1n) is 13.0. The van der Waals surface area contributed by atoms with Gasteiger partial charge in [0.25, 0.3) is 5.91 Å². The van der Waals surface area contributed by atoms with Crippen LogP contribution < -0.4 is 5.69 Å². The second-order valence-corrected chi connectivity index (χ2v) is 9.78. The molecule has 0 unspecified atom stereocenters. The van der Waals surface area contributed by atoms with Crippen LogP contribution in [-0.2, 0) is 6.54 Å². The van der Waals surface area contributed by atoms with Gasteiger partial charge in [0.2, 0.25) is 5.82 Å². The van der Waals surface area contributed by atoms with Gasteiger partial charge in [-0.2, -0.15) is 5.21 Å². The predicted molar refractivity (Wildman–Crippen MR) is 145 cm³/mol. The van der Waals surface area contributed by atoms with Crippen molar-refractivity contribution in [3.05, 3.63) is 112 Å². The summed E-state index contributed by atoms with van der Waals surface area (Å²) in [5, 5.41) is 14.5. The molecular weight excluding hydrogens is 476 g/mol. The van der Waals surface area contributed by atoms with E-state index in [2.05, 4.69) is 20.6 Å². The molecule has 1 aliphatic rings. The molecule has 0 bridgehead atoms. The molecular formula is C30H28N6O2. The third-order valence-corrected chi connectivity index (χ3v) is 7.39. The van der Waals surface area contributed by atoms with Crippen LogP contribution >= 0.6 is 0 Å². The summed E-state index contributed by atoms with van der Waals surface area (Å²) in [4.78, 5) is 26.8. The highest BCUT2D eigenvalue weighted by atomic mass is 16.2. The van der Waals surface area contributed by atoms with Crippen LogP contribution in [-0.4, -0.2) is 35.7 Å². The number of hydrogen-bond donors (Lipinski definition) is 1. The van der Waals surface area contributed by atoms with E-state index in [9.17, 15) is 9.59 Å². The fourth-order valence-corrected chi connectivity index (χ4v) is 5.42. The van der Waals surface area contributed by atoms with E-state index in [0.717, 1.165) is 53.6 Å². The van der Waals surface area contributed by atoms with Crippen molar-refractivity contribution in [2.24, 2.45) is 0 Å². The standard InChI is InChI=1S/C30H28N6O2/c37-29(24-11-5-2-6-12-24)36-20-27(23-9-3-1-4-10-23)35(30(36)38)19-21-15-17-22(18-16-21)25-13-7-8-14-26(25)28-31-33-34-32-28/h2,5-8,11-18,20,23H,1,3-4,9-10,19H2,(H,31,32,33,34). The number of imidazole rings is 1. The SMILES string of the molecule is O=C(c1ccccc1)n1cc(C2CCCCC2)n(Cc2ccc(-c3ccccc3-c3nn[nH]n3)cc2)c1=O. The summed E-state index contributed by atoms with van der Waals surface area (Å²) in [5.41, 5.74) is 5.07. The Balaban J connectivity index is 1.34. The Kier molecular flexibility index (Phi) is 6.52. The molecule has 8 nitrogen and oxygen atoms in total. The molecule has 6 rings (SSSR count). The van der Waals surface area contributed by atoms with Crippen LogP contribution in [0.4, 0.5) is 0 Å². The Morgan fingerprint density at radius 3 is 2.29 bits per heavy atom. The lowest BCUT2D eigenvalue weighted by atomic mass is 9.87. The number of carbonyl (C=O) groups is 1. The molecule has 190 valence electrons. The molecule has 1 saturated carbocycles. The van der Waals surface area contributed by atoms with Gasteiger partial charge in [0, 0.05) is 28.9 Å². The van der Waals surface area contributed by atoms with E-state index in [1.165, 1.54) is 11.0 Å². The Morgan fingerprint density at radius 1 is 0.868 bits per heavy atom. The number of hydrogen-bond acceptors (Lipinski definition) is 5. The van der Waals surface area contributed by atoms with Gasteiger partial charge in [-0.05, 0) is 46.9 Å². The summed E-state index contributed by atoms with van der Waals surface area (Å²) in [7, 11) is 0. The second kappa shape index (κ2) is 10.4. The molecule has 0 spiro atoms. The number of nitrogens with one attached hydrogen (secondary N) is 1. The monoisotopic (exact) mass is 504 g/mol. The third-order valence-electron chi connectivity index (χ3n) is 7.39. The number of rotatable bonds is 6. The fourth-order valence-electron chi connectivity index (χ4n) is 5.42. The molecule has 0 saturated heterocycles.